The summed E-state index contributed by atoms with van der Waals surface area (Å²) in [6.07, 6.45) is 0.704. The van der Waals surface area contributed by atoms with E-state index >= 15 is 0 Å². The molecule has 11 heteroatoms. The fourth-order valence-electron chi connectivity index (χ4n) is 4.50. The molecule has 4 aromatic rings. The normalized spacial score (nSPS) is 11.8. The number of benzene rings is 4. The molecule has 8 nitrogen and oxygen atoms in total. The number of nitrogens with one attached hydrogen (secondary N) is 1. The standard InChI is InChI=1S/C34H35Cl2N3O5S/c1-4-21-37-34(41)25(3)38(22-30-31(35)11-8-12-32(30)36)33(40)23-39(45(42,43)29-19-13-24(2)14-20-29)26-15-17-28(18-16-26)44-27-9-6-5-7-10-27/h5-20,25H,4,21-23H2,1-3H3,(H,37,41)/t25-/m1/s1. The van der Waals surface area contributed by atoms with Gasteiger partial charge in [0.05, 0.1) is 10.6 Å². The van der Waals surface area contributed by atoms with Crippen molar-refractivity contribution < 1.29 is 22.7 Å². The minimum Gasteiger partial charge on any atom is -0.457 e. The van der Waals surface area contributed by atoms with Crippen LogP contribution in [0, 0.1) is 6.92 Å². The highest BCUT2D eigenvalue weighted by molar-refractivity contribution is 7.92. The molecule has 2 amide bonds. The largest absolute Gasteiger partial charge is 0.457 e. The molecule has 4 aromatic carbocycles. The third-order valence-electron chi connectivity index (χ3n) is 7.10. The van der Waals surface area contributed by atoms with Crippen LogP contribution in [-0.2, 0) is 26.2 Å². The van der Waals surface area contributed by atoms with Crippen LogP contribution in [0.5, 0.6) is 11.5 Å². The average molecular weight is 669 g/mol. The molecule has 0 saturated heterocycles. The van der Waals surface area contributed by atoms with Gasteiger partial charge in [0.15, 0.2) is 0 Å². The van der Waals surface area contributed by atoms with Gasteiger partial charge in [-0.15, -0.1) is 0 Å². The first-order valence-corrected chi connectivity index (χ1v) is 16.6. The van der Waals surface area contributed by atoms with E-state index < -0.39 is 28.5 Å². The van der Waals surface area contributed by atoms with Crippen molar-refractivity contribution in [3.63, 3.8) is 0 Å². The number of amides is 2. The van der Waals surface area contributed by atoms with Crippen molar-refractivity contribution in [3.8, 4) is 11.5 Å². The molecule has 0 radical (unpaired) electrons. The molecule has 0 aliphatic rings. The van der Waals surface area contributed by atoms with Gasteiger partial charge in [-0.1, -0.05) is 72.1 Å². The number of nitrogens with zero attached hydrogens (tertiary/aromatic N) is 2. The summed E-state index contributed by atoms with van der Waals surface area (Å²) in [4.78, 5) is 28.5. The summed E-state index contributed by atoms with van der Waals surface area (Å²) >= 11 is 12.9. The Balaban J connectivity index is 1.72. The number of hydrogen-bond donors (Lipinski definition) is 1. The number of para-hydroxylation sites is 1. The van der Waals surface area contributed by atoms with E-state index in [4.69, 9.17) is 27.9 Å². The van der Waals surface area contributed by atoms with Crippen molar-refractivity contribution >= 4 is 50.7 Å². The second kappa shape index (κ2) is 15.3. The Kier molecular flexibility index (Phi) is 11.5. The summed E-state index contributed by atoms with van der Waals surface area (Å²) in [5.74, 6) is 0.100. The van der Waals surface area contributed by atoms with E-state index in [-0.39, 0.29) is 23.0 Å². The molecule has 0 bridgehead atoms. The fourth-order valence-corrected chi connectivity index (χ4v) is 6.43. The van der Waals surface area contributed by atoms with Crippen molar-refractivity contribution in [2.24, 2.45) is 0 Å². The lowest BCUT2D eigenvalue weighted by Crippen LogP contribution is -2.51. The number of ether oxygens (including phenoxy) is 1. The number of anilines is 1. The monoisotopic (exact) mass is 667 g/mol. The van der Waals surface area contributed by atoms with E-state index in [0.29, 0.717) is 40.1 Å². The van der Waals surface area contributed by atoms with Crippen LogP contribution in [0.25, 0.3) is 0 Å². The third kappa shape index (κ3) is 8.57. The molecule has 0 aromatic heterocycles. The van der Waals surface area contributed by atoms with Crippen LogP contribution in [-0.4, -0.2) is 44.3 Å². The van der Waals surface area contributed by atoms with E-state index in [1.54, 1.807) is 73.7 Å². The molecule has 1 N–H and O–H groups in total. The van der Waals surface area contributed by atoms with Crippen LogP contribution < -0.4 is 14.4 Å². The lowest BCUT2D eigenvalue weighted by molar-refractivity contribution is -0.139. The van der Waals surface area contributed by atoms with Gasteiger partial charge in [0, 0.05) is 28.7 Å². The van der Waals surface area contributed by atoms with Crippen molar-refractivity contribution in [1.82, 2.24) is 10.2 Å². The van der Waals surface area contributed by atoms with E-state index in [0.717, 1.165) is 9.87 Å². The topological polar surface area (TPSA) is 96.0 Å². The molecule has 236 valence electrons. The number of halogens is 2. The van der Waals surface area contributed by atoms with E-state index in [1.807, 2.05) is 32.0 Å². The highest BCUT2D eigenvalue weighted by Gasteiger charge is 2.33. The van der Waals surface area contributed by atoms with Gasteiger partial charge in [-0.3, -0.25) is 13.9 Å². The Hall–Kier alpha value is -4.05. The predicted octanol–water partition coefficient (Wildman–Crippen LogP) is 7.23. The van der Waals surface area contributed by atoms with E-state index in [2.05, 4.69) is 5.32 Å². The summed E-state index contributed by atoms with van der Waals surface area (Å²) in [6, 6.07) is 26.0. The average Bonchev–Trinajstić information content (AvgIpc) is 3.03. The van der Waals surface area contributed by atoms with Gasteiger partial charge in [-0.2, -0.15) is 0 Å². The summed E-state index contributed by atoms with van der Waals surface area (Å²) in [7, 11) is -4.23. The Morgan fingerprint density at radius 3 is 2.04 bits per heavy atom. The van der Waals surface area contributed by atoms with Crippen LogP contribution >= 0.6 is 23.2 Å². The first-order chi connectivity index (χ1) is 21.5. The zero-order valence-corrected chi connectivity index (χ0v) is 27.6. The smallest absolute Gasteiger partial charge is 0.264 e. The number of hydrogen-bond acceptors (Lipinski definition) is 5. The molecule has 0 fully saturated rings. The maximum absolute atomic E-state index is 14.1. The van der Waals surface area contributed by atoms with Gasteiger partial charge in [-0.05, 0) is 80.9 Å². The molecule has 1 atom stereocenters. The highest BCUT2D eigenvalue weighted by atomic mass is 35.5. The molecule has 0 aliphatic heterocycles. The van der Waals surface area contributed by atoms with Crippen LogP contribution in [0.15, 0.2) is 102 Å². The second-order valence-electron chi connectivity index (χ2n) is 10.4. The Morgan fingerprint density at radius 1 is 0.844 bits per heavy atom. The van der Waals surface area contributed by atoms with Crippen LogP contribution in [0.1, 0.15) is 31.4 Å². The molecule has 0 aliphatic carbocycles. The molecule has 0 unspecified atom stereocenters. The summed E-state index contributed by atoms with van der Waals surface area (Å²) in [5.41, 5.74) is 1.57. The van der Waals surface area contributed by atoms with Crippen LogP contribution in [0.3, 0.4) is 0 Å². The Labute approximate surface area is 274 Å². The van der Waals surface area contributed by atoms with Gasteiger partial charge in [0.25, 0.3) is 10.0 Å². The summed E-state index contributed by atoms with van der Waals surface area (Å²) in [5, 5.41) is 3.45. The second-order valence-corrected chi connectivity index (χ2v) is 13.1. The zero-order valence-electron chi connectivity index (χ0n) is 25.2. The summed E-state index contributed by atoms with van der Waals surface area (Å²) < 4.78 is 35.1. The number of carbonyl (C=O) groups excluding carboxylic acids is 2. The Bertz CT molecular complexity index is 1700. The first kappa shape index (κ1) is 33.8. The fraction of sp³-hybridized carbons (Fsp3) is 0.235. The quantitative estimate of drug-likeness (QED) is 0.162. The van der Waals surface area contributed by atoms with Crippen molar-refractivity contribution in [2.75, 3.05) is 17.4 Å². The van der Waals surface area contributed by atoms with E-state index in [1.165, 1.54) is 17.0 Å². The van der Waals surface area contributed by atoms with Gasteiger partial charge in [0.2, 0.25) is 11.8 Å². The zero-order chi connectivity index (χ0) is 32.6. The lowest BCUT2D eigenvalue weighted by Gasteiger charge is -2.32. The SMILES string of the molecule is CCCNC(=O)[C@@H](C)N(Cc1c(Cl)cccc1Cl)C(=O)CN(c1ccc(Oc2ccccc2)cc1)S(=O)(=O)c1ccc(C)cc1. The van der Waals surface area contributed by atoms with Gasteiger partial charge in [0.1, 0.15) is 24.1 Å². The molecule has 45 heavy (non-hydrogen) atoms. The molecular formula is C34H35Cl2N3O5S. The van der Waals surface area contributed by atoms with Crippen LogP contribution in [0.2, 0.25) is 10.0 Å². The van der Waals surface area contributed by atoms with Crippen molar-refractivity contribution in [2.45, 2.75) is 44.7 Å². The van der Waals surface area contributed by atoms with Gasteiger partial charge in [-0.25, -0.2) is 8.42 Å². The summed E-state index contributed by atoms with van der Waals surface area (Å²) in [6.45, 7) is 5.07. The van der Waals surface area contributed by atoms with Gasteiger partial charge >= 0.3 is 0 Å². The Morgan fingerprint density at radius 2 is 1.44 bits per heavy atom. The minimum atomic E-state index is -4.23. The molecule has 0 heterocycles. The maximum Gasteiger partial charge on any atom is 0.264 e. The number of aryl methyl sites for hydroxylation is 1. The molecule has 0 spiro atoms. The lowest BCUT2D eigenvalue weighted by atomic mass is 10.1. The maximum atomic E-state index is 14.1. The first-order valence-electron chi connectivity index (χ1n) is 14.4. The van der Waals surface area contributed by atoms with Crippen molar-refractivity contribution in [3.05, 3.63) is 118 Å². The van der Waals surface area contributed by atoms with Crippen LogP contribution in [0.4, 0.5) is 5.69 Å². The highest BCUT2D eigenvalue weighted by Crippen LogP contribution is 2.30. The predicted molar refractivity (Wildman–Crippen MR) is 178 cm³/mol. The van der Waals surface area contributed by atoms with E-state index in [9.17, 15) is 18.0 Å². The number of carbonyl (C=O) groups is 2. The third-order valence-corrected chi connectivity index (χ3v) is 9.59. The molecular weight excluding hydrogens is 633 g/mol. The molecule has 4 rings (SSSR count). The number of rotatable bonds is 13. The van der Waals surface area contributed by atoms with Gasteiger partial charge < -0.3 is 15.0 Å². The molecule has 0 saturated carbocycles. The number of sulfonamides is 1. The minimum absolute atomic E-state index is 0.0138. The van der Waals surface area contributed by atoms with Crippen molar-refractivity contribution in [1.29, 1.82) is 0 Å².